The molecule has 6 heteroatoms. The Labute approximate surface area is 146 Å². The van der Waals surface area contributed by atoms with Crippen LogP contribution in [0.3, 0.4) is 0 Å². The summed E-state index contributed by atoms with van der Waals surface area (Å²) < 4.78 is 27.8. The number of halogens is 2. The summed E-state index contributed by atoms with van der Waals surface area (Å²) in [7, 11) is 0. The second-order valence-corrected chi connectivity index (χ2v) is 5.99. The van der Waals surface area contributed by atoms with Crippen molar-refractivity contribution >= 4 is 17.4 Å². The Bertz CT molecular complexity index is 738. The number of aryl methyl sites for hydroxylation is 1. The zero-order valence-corrected chi connectivity index (χ0v) is 14.1. The average molecular weight is 345 g/mol. The Balaban J connectivity index is 1.63. The minimum Gasteiger partial charge on any atom is -0.363 e. The first-order valence-corrected chi connectivity index (χ1v) is 8.43. The number of rotatable bonds is 3. The molecule has 1 aliphatic rings. The summed E-state index contributed by atoms with van der Waals surface area (Å²) in [5.41, 5.74) is 1.86. The van der Waals surface area contributed by atoms with Crippen molar-refractivity contribution in [2.24, 2.45) is 0 Å². The Morgan fingerprint density at radius 1 is 1.00 bits per heavy atom. The fourth-order valence-electron chi connectivity index (χ4n) is 3.07. The fourth-order valence-corrected chi connectivity index (χ4v) is 3.07. The highest BCUT2D eigenvalue weighted by Crippen LogP contribution is 2.24. The van der Waals surface area contributed by atoms with Crippen LogP contribution in [0.4, 0.5) is 25.0 Å². The van der Waals surface area contributed by atoms with Crippen LogP contribution in [0, 0.1) is 11.6 Å². The Hall–Kier alpha value is -2.63. The van der Waals surface area contributed by atoms with Gasteiger partial charge in [-0.05, 0) is 30.2 Å². The third-order valence-corrected chi connectivity index (χ3v) is 4.46. The predicted molar refractivity (Wildman–Crippen MR) is 95.0 cm³/mol. The predicted octanol–water partition coefficient (Wildman–Crippen LogP) is 3.88. The molecule has 1 saturated heterocycles. The molecule has 25 heavy (non-hydrogen) atoms. The molecule has 0 aromatic heterocycles. The van der Waals surface area contributed by atoms with Crippen LogP contribution in [0.25, 0.3) is 0 Å². The second kappa shape index (κ2) is 7.51. The zero-order chi connectivity index (χ0) is 17.8. The number of hydrogen-bond acceptors (Lipinski definition) is 2. The highest BCUT2D eigenvalue weighted by molar-refractivity contribution is 5.90. The molecule has 2 aromatic carbocycles. The molecule has 2 aromatic rings. The fraction of sp³-hybridized carbons (Fsp3) is 0.316. The SMILES string of the molecule is CCc1ccccc1NC(=O)N1CCN(c2c(F)cccc2F)CC1. The van der Waals surface area contributed by atoms with E-state index in [0.717, 1.165) is 17.7 Å². The van der Waals surface area contributed by atoms with Gasteiger partial charge in [-0.3, -0.25) is 0 Å². The largest absolute Gasteiger partial charge is 0.363 e. The summed E-state index contributed by atoms with van der Waals surface area (Å²) >= 11 is 0. The van der Waals surface area contributed by atoms with E-state index in [0.29, 0.717) is 26.2 Å². The highest BCUT2D eigenvalue weighted by atomic mass is 19.1. The number of piperazine rings is 1. The van der Waals surface area contributed by atoms with E-state index in [1.165, 1.54) is 18.2 Å². The van der Waals surface area contributed by atoms with Gasteiger partial charge < -0.3 is 15.1 Å². The van der Waals surface area contributed by atoms with Gasteiger partial charge in [-0.1, -0.05) is 31.2 Å². The van der Waals surface area contributed by atoms with E-state index in [1.54, 1.807) is 9.80 Å². The molecule has 1 aliphatic heterocycles. The molecule has 0 radical (unpaired) electrons. The van der Waals surface area contributed by atoms with Crippen molar-refractivity contribution in [2.45, 2.75) is 13.3 Å². The molecule has 4 nitrogen and oxygen atoms in total. The van der Waals surface area contributed by atoms with Crippen molar-refractivity contribution in [1.29, 1.82) is 0 Å². The Morgan fingerprint density at radius 2 is 1.64 bits per heavy atom. The number of nitrogens with zero attached hydrogens (tertiary/aromatic N) is 2. The van der Waals surface area contributed by atoms with Gasteiger partial charge in [0.25, 0.3) is 0 Å². The van der Waals surface area contributed by atoms with Gasteiger partial charge in [0.2, 0.25) is 0 Å². The summed E-state index contributed by atoms with van der Waals surface area (Å²) in [5.74, 6) is -1.15. The number of urea groups is 1. The molecular weight excluding hydrogens is 324 g/mol. The molecule has 3 rings (SSSR count). The lowest BCUT2D eigenvalue weighted by Crippen LogP contribution is -2.50. The van der Waals surface area contributed by atoms with Crippen LogP contribution in [0.5, 0.6) is 0 Å². The molecule has 1 N–H and O–H groups in total. The summed E-state index contributed by atoms with van der Waals surface area (Å²) in [6, 6.07) is 11.3. The molecule has 0 spiro atoms. The van der Waals surface area contributed by atoms with Crippen LogP contribution in [0.15, 0.2) is 42.5 Å². The van der Waals surface area contributed by atoms with E-state index < -0.39 is 11.6 Å². The molecule has 0 saturated carbocycles. The lowest BCUT2D eigenvalue weighted by molar-refractivity contribution is 0.208. The van der Waals surface area contributed by atoms with Crippen molar-refractivity contribution in [1.82, 2.24) is 4.90 Å². The summed E-state index contributed by atoms with van der Waals surface area (Å²) in [5, 5.41) is 2.93. The van der Waals surface area contributed by atoms with Crippen molar-refractivity contribution < 1.29 is 13.6 Å². The molecule has 1 heterocycles. The molecule has 0 bridgehead atoms. The van der Waals surface area contributed by atoms with Crippen molar-refractivity contribution in [3.8, 4) is 0 Å². The number of hydrogen-bond donors (Lipinski definition) is 1. The van der Waals surface area contributed by atoms with Crippen molar-refractivity contribution in [2.75, 3.05) is 36.4 Å². The molecular formula is C19H21F2N3O. The minimum atomic E-state index is -0.574. The van der Waals surface area contributed by atoms with Gasteiger partial charge in [0.05, 0.1) is 0 Å². The van der Waals surface area contributed by atoms with Gasteiger partial charge in [0, 0.05) is 31.9 Å². The standard InChI is InChI=1S/C19H21F2N3O/c1-2-14-6-3-4-9-17(14)22-19(25)24-12-10-23(11-13-24)18-15(20)7-5-8-16(18)21/h3-9H,2,10-13H2,1H3,(H,22,25). The van der Waals surface area contributed by atoms with Crippen LogP contribution in [0.2, 0.25) is 0 Å². The maximum absolute atomic E-state index is 13.9. The molecule has 0 unspecified atom stereocenters. The van der Waals surface area contributed by atoms with E-state index >= 15 is 0 Å². The Kier molecular flexibility index (Phi) is 5.16. The maximum atomic E-state index is 13.9. The third-order valence-electron chi connectivity index (χ3n) is 4.46. The first-order chi connectivity index (χ1) is 12.1. The summed E-state index contributed by atoms with van der Waals surface area (Å²) in [6.45, 7) is 3.63. The first-order valence-electron chi connectivity index (χ1n) is 8.43. The van der Waals surface area contributed by atoms with E-state index in [1.807, 2.05) is 31.2 Å². The quantitative estimate of drug-likeness (QED) is 0.916. The van der Waals surface area contributed by atoms with Gasteiger partial charge in [-0.25, -0.2) is 13.6 Å². The molecule has 2 amide bonds. The average Bonchev–Trinajstić information content (AvgIpc) is 2.62. The highest BCUT2D eigenvalue weighted by Gasteiger charge is 2.25. The van der Waals surface area contributed by atoms with Crippen LogP contribution in [-0.4, -0.2) is 37.1 Å². The number of nitrogens with one attached hydrogen (secondary N) is 1. The van der Waals surface area contributed by atoms with Gasteiger partial charge in [-0.2, -0.15) is 0 Å². The van der Waals surface area contributed by atoms with Crippen LogP contribution < -0.4 is 10.2 Å². The first kappa shape index (κ1) is 17.2. The van der Waals surface area contributed by atoms with Crippen LogP contribution in [0.1, 0.15) is 12.5 Å². The van der Waals surface area contributed by atoms with Gasteiger partial charge in [0.1, 0.15) is 17.3 Å². The van der Waals surface area contributed by atoms with Gasteiger partial charge >= 0.3 is 6.03 Å². The van der Waals surface area contributed by atoms with Crippen molar-refractivity contribution in [3.05, 3.63) is 59.7 Å². The normalized spacial score (nSPS) is 14.5. The third kappa shape index (κ3) is 3.73. The summed E-state index contributed by atoms with van der Waals surface area (Å²) in [6.07, 6.45) is 0.830. The maximum Gasteiger partial charge on any atom is 0.321 e. The Morgan fingerprint density at radius 3 is 2.28 bits per heavy atom. The van der Waals surface area contributed by atoms with Crippen LogP contribution >= 0.6 is 0 Å². The molecule has 1 fully saturated rings. The number of carbonyl (C=O) groups is 1. The monoisotopic (exact) mass is 345 g/mol. The number of benzene rings is 2. The molecule has 0 atom stereocenters. The van der Waals surface area contributed by atoms with E-state index in [-0.39, 0.29) is 11.7 Å². The number of para-hydroxylation sites is 2. The molecule has 0 aliphatic carbocycles. The van der Waals surface area contributed by atoms with Gasteiger partial charge in [-0.15, -0.1) is 0 Å². The minimum absolute atomic E-state index is 0.0149. The van der Waals surface area contributed by atoms with E-state index in [4.69, 9.17) is 0 Å². The van der Waals surface area contributed by atoms with Gasteiger partial charge in [0.15, 0.2) is 0 Å². The molecule has 132 valence electrons. The second-order valence-electron chi connectivity index (χ2n) is 5.99. The zero-order valence-electron chi connectivity index (χ0n) is 14.1. The summed E-state index contributed by atoms with van der Waals surface area (Å²) in [4.78, 5) is 15.8. The topological polar surface area (TPSA) is 35.6 Å². The number of anilines is 2. The lowest BCUT2D eigenvalue weighted by atomic mass is 10.1. The number of carbonyl (C=O) groups excluding carboxylic acids is 1. The van der Waals surface area contributed by atoms with Crippen molar-refractivity contribution in [3.63, 3.8) is 0 Å². The smallest absolute Gasteiger partial charge is 0.321 e. The van der Waals surface area contributed by atoms with E-state index in [9.17, 15) is 13.6 Å². The van der Waals surface area contributed by atoms with E-state index in [2.05, 4.69) is 5.32 Å². The van der Waals surface area contributed by atoms with Crippen LogP contribution in [-0.2, 0) is 6.42 Å². The number of amides is 2. The lowest BCUT2D eigenvalue weighted by Gasteiger charge is -2.36.